The minimum absolute atomic E-state index is 0.0586. The molecule has 1 aliphatic carbocycles. The summed E-state index contributed by atoms with van der Waals surface area (Å²) in [6.07, 6.45) is 8.76. The molecule has 2 aliphatic heterocycles. The maximum atomic E-state index is 10.2. The van der Waals surface area contributed by atoms with Gasteiger partial charge in [-0.05, 0) is 51.7 Å². The maximum absolute atomic E-state index is 10.2. The van der Waals surface area contributed by atoms with Crippen LogP contribution in [-0.2, 0) is 0 Å². The van der Waals surface area contributed by atoms with Crippen LogP contribution in [0, 0.1) is 0 Å². The molecule has 3 aliphatic rings. The first kappa shape index (κ1) is 11.9. The van der Waals surface area contributed by atoms with E-state index < -0.39 is 0 Å². The predicted molar refractivity (Wildman–Crippen MR) is 69.0 cm³/mol. The van der Waals surface area contributed by atoms with Crippen LogP contribution in [0.5, 0.6) is 0 Å². The Morgan fingerprint density at radius 1 is 0.765 bits per heavy atom. The largest absolute Gasteiger partial charge is 0.391 e. The second kappa shape index (κ2) is 5.25. The van der Waals surface area contributed by atoms with Crippen LogP contribution in [-0.4, -0.2) is 59.3 Å². The highest BCUT2D eigenvalue weighted by Crippen LogP contribution is 2.28. The highest BCUT2D eigenvalue weighted by Gasteiger charge is 2.34. The average molecular weight is 238 g/mol. The molecule has 1 unspecified atom stereocenters. The van der Waals surface area contributed by atoms with Gasteiger partial charge in [0.05, 0.1) is 6.10 Å². The van der Waals surface area contributed by atoms with Crippen LogP contribution in [0.1, 0.15) is 44.9 Å². The fourth-order valence-electron chi connectivity index (χ4n) is 4.05. The van der Waals surface area contributed by atoms with Crippen molar-refractivity contribution in [2.45, 2.75) is 63.1 Å². The Bertz CT molecular complexity index is 259. The Hall–Kier alpha value is -0.120. The van der Waals surface area contributed by atoms with Gasteiger partial charge >= 0.3 is 0 Å². The first-order chi connectivity index (χ1) is 8.34. The van der Waals surface area contributed by atoms with Gasteiger partial charge < -0.3 is 5.11 Å². The van der Waals surface area contributed by atoms with Crippen molar-refractivity contribution in [2.75, 3.05) is 26.2 Å². The summed E-state index contributed by atoms with van der Waals surface area (Å²) in [6, 6.07) is 1.25. The van der Waals surface area contributed by atoms with Gasteiger partial charge in [-0.1, -0.05) is 12.8 Å². The molecule has 1 N–H and O–H groups in total. The van der Waals surface area contributed by atoms with Crippen LogP contribution >= 0.6 is 0 Å². The Labute approximate surface area is 105 Å². The van der Waals surface area contributed by atoms with E-state index in [4.69, 9.17) is 0 Å². The Morgan fingerprint density at radius 2 is 1.53 bits per heavy atom. The van der Waals surface area contributed by atoms with Gasteiger partial charge in [0.15, 0.2) is 0 Å². The van der Waals surface area contributed by atoms with Gasteiger partial charge in [-0.2, -0.15) is 0 Å². The van der Waals surface area contributed by atoms with E-state index in [2.05, 4.69) is 9.80 Å². The zero-order valence-electron chi connectivity index (χ0n) is 10.9. The van der Waals surface area contributed by atoms with E-state index in [0.717, 1.165) is 12.5 Å². The van der Waals surface area contributed by atoms with Crippen LogP contribution in [0.4, 0.5) is 0 Å². The zero-order valence-corrected chi connectivity index (χ0v) is 10.9. The first-order valence-electron chi connectivity index (χ1n) is 7.51. The third-order valence-electron chi connectivity index (χ3n) is 5.00. The molecule has 3 nitrogen and oxygen atoms in total. The van der Waals surface area contributed by atoms with E-state index in [1.807, 2.05) is 0 Å². The molecule has 0 aromatic carbocycles. The minimum Gasteiger partial charge on any atom is -0.391 e. The molecular formula is C14H26N2O. The number of aliphatic hydroxyl groups excluding tert-OH is 1. The fraction of sp³-hybridized carbons (Fsp3) is 1.00. The highest BCUT2D eigenvalue weighted by atomic mass is 16.3. The molecule has 0 spiro atoms. The van der Waals surface area contributed by atoms with E-state index in [9.17, 15) is 5.11 Å². The van der Waals surface area contributed by atoms with Gasteiger partial charge in [0, 0.05) is 18.6 Å². The maximum Gasteiger partial charge on any atom is 0.0695 e. The summed E-state index contributed by atoms with van der Waals surface area (Å²) in [6.45, 7) is 5.01. The summed E-state index contributed by atoms with van der Waals surface area (Å²) >= 11 is 0. The van der Waals surface area contributed by atoms with Gasteiger partial charge in [0.2, 0.25) is 0 Å². The number of hydrogen-bond donors (Lipinski definition) is 1. The second-order valence-corrected chi connectivity index (χ2v) is 6.10. The predicted octanol–water partition coefficient (Wildman–Crippen LogP) is 1.46. The molecule has 0 radical (unpaired) electrons. The van der Waals surface area contributed by atoms with Crippen molar-refractivity contribution < 1.29 is 5.11 Å². The Morgan fingerprint density at radius 3 is 2.41 bits per heavy atom. The molecule has 3 fully saturated rings. The van der Waals surface area contributed by atoms with Crippen molar-refractivity contribution in [1.82, 2.24) is 9.80 Å². The molecule has 3 heteroatoms. The van der Waals surface area contributed by atoms with Crippen molar-refractivity contribution in [3.05, 3.63) is 0 Å². The van der Waals surface area contributed by atoms with Crippen molar-refractivity contribution in [3.63, 3.8) is 0 Å². The Kier molecular flexibility index (Phi) is 3.69. The summed E-state index contributed by atoms with van der Waals surface area (Å²) in [5.74, 6) is 0. The van der Waals surface area contributed by atoms with Crippen molar-refractivity contribution in [3.8, 4) is 0 Å². The smallest absolute Gasteiger partial charge is 0.0695 e. The summed E-state index contributed by atoms with van der Waals surface area (Å²) in [7, 11) is 0. The summed E-state index contributed by atoms with van der Waals surface area (Å²) in [5, 5.41) is 10.2. The van der Waals surface area contributed by atoms with Gasteiger partial charge in [0.1, 0.15) is 0 Å². The third-order valence-corrected chi connectivity index (χ3v) is 5.00. The normalized spacial score (nSPS) is 41.1. The number of fused-ring (bicyclic) bond motifs is 1. The molecular weight excluding hydrogens is 212 g/mol. The molecule has 1 saturated carbocycles. The molecule has 0 amide bonds. The lowest BCUT2D eigenvalue weighted by Gasteiger charge is -2.38. The molecule has 3 atom stereocenters. The van der Waals surface area contributed by atoms with Crippen molar-refractivity contribution in [2.24, 2.45) is 0 Å². The highest BCUT2D eigenvalue weighted by molar-refractivity contribution is 4.90. The molecule has 17 heavy (non-hydrogen) atoms. The average Bonchev–Trinajstić information content (AvgIpc) is 2.68. The molecule has 0 aromatic heterocycles. The van der Waals surface area contributed by atoms with Crippen LogP contribution in [0.3, 0.4) is 0 Å². The van der Waals surface area contributed by atoms with Gasteiger partial charge in [0.25, 0.3) is 0 Å². The van der Waals surface area contributed by atoms with Gasteiger partial charge in [-0.25, -0.2) is 0 Å². The molecule has 2 saturated heterocycles. The molecule has 0 bridgehead atoms. The van der Waals surface area contributed by atoms with E-state index in [1.54, 1.807) is 0 Å². The lowest BCUT2D eigenvalue weighted by Crippen LogP contribution is -2.48. The molecule has 2 heterocycles. The van der Waals surface area contributed by atoms with Gasteiger partial charge in [-0.15, -0.1) is 0 Å². The van der Waals surface area contributed by atoms with E-state index in [-0.39, 0.29) is 6.10 Å². The van der Waals surface area contributed by atoms with Crippen molar-refractivity contribution >= 4 is 0 Å². The summed E-state index contributed by atoms with van der Waals surface area (Å²) in [5.41, 5.74) is 0. The number of rotatable bonds is 1. The number of aliphatic hydroxyl groups is 1. The van der Waals surface area contributed by atoms with E-state index in [0.29, 0.717) is 6.04 Å². The lowest BCUT2D eigenvalue weighted by atomic mass is 9.91. The van der Waals surface area contributed by atoms with Crippen LogP contribution in [0.25, 0.3) is 0 Å². The SMILES string of the molecule is O[C@H]1CCCC[C@@H]1N1CCCN2CCCC2C1. The topological polar surface area (TPSA) is 26.7 Å². The summed E-state index contributed by atoms with van der Waals surface area (Å²) in [4.78, 5) is 5.29. The monoisotopic (exact) mass is 238 g/mol. The van der Waals surface area contributed by atoms with Gasteiger partial charge in [-0.3, -0.25) is 9.80 Å². The lowest BCUT2D eigenvalue weighted by molar-refractivity contribution is 0.0171. The first-order valence-corrected chi connectivity index (χ1v) is 7.51. The summed E-state index contributed by atoms with van der Waals surface area (Å²) < 4.78 is 0. The third kappa shape index (κ3) is 2.51. The quantitative estimate of drug-likeness (QED) is 0.749. The Balaban J connectivity index is 1.65. The standard InChI is InChI=1S/C14H26N2O/c17-14-7-2-1-6-13(14)16-10-4-9-15-8-3-5-12(15)11-16/h12-14,17H,1-11H2/t12?,13-,14-/m0/s1. The molecule has 98 valence electrons. The van der Waals surface area contributed by atoms with E-state index >= 15 is 0 Å². The minimum atomic E-state index is -0.0586. The van der Waals surface area contributed by atoms with Crippen LogP contribution < -0.4 is 0 Å². The zero-order chi connectivity index (χ0) is 11.7. The number of nitrogens with zero attached hydrogens (tertiary/aromatic N) is 2. The number of hydrogen-bond acceptors (Lipinski definition) is 3. The van der Waals surface area contributed by atoms with Crippen LogP contribution in [0.2, 0.25) is 0 Å². The van der Waals surface area contributed by atoms with E-state index in [1.165, 1.54) is 64.7 Å². The van der Waals surface area contributed by atoms with Crippen LogP contribution in [0.15, 0.2) is 0 Å². The second-order valence-electron chi connectivity index (χ2n) is 6.10. The molecule has 3 rings (SSSR count). The van der Waals surface area contributed by atoms with Crippen molar-refractivity contribution in [1.29, 1.82) is 0 Å². The molecule has 0 aromatic rings. The fourth-order valence-corrected chi connectivity index (χ4v) is 4.05.